The first-order valence-electron chi connectivity index (χ1n) is 5.70. The molecule has 0 radical (unpaired) electrons. The Hall–Kier alpha value is -0.900. The largest absolute Gasteiger partial charge is 0.325 e. The highest BCUT2D eigenvalue weighted by molar-refractivity contribution is 9.10. The van der Waals surface area contributed by atoms with Crippen molar-refractivity contribution < 1.29 is 4.79 Å². The standard InChI is InChI=1S/C13H19BrN2O/c1-9(13(2,3)4)7-12(17)16-11-5-6-15-8-10(11)14/h5-6,8-9H,7H2,1-4H3,(H,15,16,17). The fraction of sp³-hybridized carbons (Fsp3) is 0.538. The maximum absolute atomic E-state index is 11.9. The lowest BCUT2D eigenvalue weighted by atomic mass is 9.80. The number of rotatable bonds is 3. The molecular formula is C13H19BrN2O. The highest BCUT2D eigenvalue weighted by atomic mass is 79.9. The van der Waals surface area contributed by atoms with Gasteiger partial charge in [0, 0.05) is 18.8 Å². The Labute approximate surface area is 111 Å². The van der Waals surface area contributed by atoms with Crippen molar-refractivity contribution in [3.8, 4) is 0 Å². The van der Waals surface area contributed by atoms with Crippen molar-refractivity contribution in [3.63, 3.8) is 0 Å². The molecule has 4 heteroatoms. The number of aromatic nitrogens is 1. The highest BCUT2D eigenvalue weighted by Gasteiger charge is 2.22. The number of carbonyl (C=O) groups is 1. The molecule has 0 aliphatic rings. The summed E-state index contributed by atoms with van der Waals surface area (Å²) >= 11 is 3.35. The van der Waals surface area contributed by atoms with Gasteiger partial charge in [-0.25, -0.2) is 0 Å². The second-order valence-corrected chi connectivity index (χ2v) is 6.23. The predicted octanol–water partition coefficient (Wildman–Crippen LogP) is 3.85. The lowest BCUT2D eigenvalue weighted by molar-refractivity contribution is -0.117. The Morgan fingerprint density at radius 1 is 1.53 bits per heavy atom. The molecule has 0 saturated carbocycles. The second kappa shape index (κ2) is 5.63. The number of hydrogen-bond acceptors (Lipinski definition) is 2. The molecule has 1 rings (SSSR count). The van der Waals surface area contributed by atoms with Crippen LogP contribution in [0.2, 0.25) is 0 Å². The van der Waals surface area contributed by atoms with Crippen molar-refractivity contribution in [1.82, 2.24) is 4.98 Å². The van der Waals surface area contributed by atoms with Crippen LogP contribution >= 0.6 is 15.9 Å². The van der Waals surface area contributed by atoms with Crippen LogP contribution < -0.4 is 5.32 Å². The summed E-state index contributed by atoms with van der Waals surface area (Å²) in [5.74, 6) is 0.377. The Morgan fingerprint density at radius 3 is 2.71 bits per heavy atom. The summed E-state index contributed by atoms with van der Waals surface area (Å²) in [6, 6.07) is 1.78. The monoisotopic (exact) mass is 298 g/mol. The van der Waals surface area contributed by atoms with Crippen molar-refractivity contribution in [2.45, 2.75) is 34.1 Å². The fourth-order valence-corrected chi connectivity index (χ4v) is 1.61. The van der Waals surface area contributed by atoms with Gasteiger partial charge in [0.15, 0.2) is 0 Å². The van der Waals surface area contributed by atoms with Gasteiger partial charge in [0.05, 0.1) is 10.2 Å². The molecule has 0 aromatic carbocycles. The van der Waals surface area contributed by atoms with Crippen LogP contribution in [0.1, 0.15) is 34.1 Å². The zero-order chi connectivity index (χ0) is 13.1. The third-order valence-electron chi connectivity index (χ3n) is 3.02. The van der Waals surface area contributed by atoms with Crippen molar-refractivity contribution in [2.24, 2.45) is 11.3 Å². The molecule has 94 valence electrons. The molecule has 0 aliphatic carbocycles. The zero-order valence-electron chi connectivity index (χ0n) is 10.7. The minimum atomic E-state index is 0.0410. The molecule has 1 atom stereocenters. The summed E-state index contributed by atoms with van der Waals surface area (Å²) in [7, 11) is 0. The van der Waals surface area contributed by atoms with E-state index in [0.717, 1.165) is 10.2 Å². The minimum absolute atomic E-state index is 0.0410. The van der Waals surface area contributed by atoms with Gasteiger partial charge < -0.3 is 5.32 Å². The molecule has 1 aromatic rings. The summed E-state index contributed by atoms with van der Waals surface area (Å²) in [5, 5.41) is 2.89. The lowest BCUT2D eigenvalue weighted by Crippen LogP contribution is -2.24. The van der Waals surface area contributed by atoms with Crippen LogP contribution in [0.25, 0.3) is 0 Å². The van der Waals surface area contributed by atoms with Gasteiger partial charge in [-0.2, -0.15) is 0 Å². The SMILES string of the molecule is CC(CC(=O)Nc1ccncc1Br)C(C)(C)C. The molecular weight excluding hydrogens is 280 g/mol. The van der Waals surface area contributed by atoms with Crippen LogP contribution in [0.5, 0.6) is 0 Å². The number of nitrogens with one attached hydrogen (secondary N) is 1. The molecule has 1 N–H and O–H groups in total. The molecule has 0 aliphatic heterocycles. The molecule has 0 saturated heterocycles. The molecule has 0 fully saturated rings. The quantitative estimate of drug-likeness (QED) is 0.921. The summed E-state index contributed by atoms with van der Waals surface area (Å²) in [4.78, 5) is 15.8. The first-order chi connectivity index (χ1) is 7.80. The van der Waals surface area contributed by atoms with Crippen molar-refractivity contribution in [2.75, 3.05) is 5.32 Å². The van der Waals surface area contributed by atoms with Crippen LogP contribution in [0, 0.1) is 11.3 Å². The normalized spacial score (nSPS) is 13.2. The van der Waals surface area contributed by atoms with Crippen molar-refractivity contribution in [3.05, 3.63) is 22.9 Å². The number of amides is 1. The summed E-state index contributed by atoms with van der Waals surface area (Å²) < 4.78 is 0.803. The van der Waals surface area contributed by atoms with E-state index in [2.05, 4.69) is 53.9 Å². The smallest absolute Gasteiger partial charge is 0.224 e. The zero-order valence-corrected chi connectivity index (χ0v) is 12.3. The van der Waals surface area contributed by atoms with Crippen LogP contribution in [0.4, 0.5) is 5.69 Å². The summed E-state index contributed by atoms with van der Waals surface area (Å²) in [6.07, 6.45) is 3.86. The Balaban J connectivity index is 2.60. The average molecular weight is 299 g/mol. The first kappa shape index (κ1) is 14.2. The Kier molecular flexibility index (Phi) is 4.69. The van der Waals surface area contributed by atoms with Gasteiger partial charge in [0.25, 0.3) is 0 Å². The maximum Gasteiger partial charge on any atom is 0.224 e. The van der Waals surface area contributed by atoms with Gasteiger partial charge in [-0.1, -0.05) is 27.7 Å². The van der Waals surface area contributed by atoms with Gasteiger partial charge in [-0.05, 0) is 33.3 Å². The van der Waals surface area contributed by atoms with Gasteiger partial charge >= 0.3 is 0 Å². The van der Waals surface area contributed by atoms with Crippen molar-refractivity contribution in [1.29, 1.82) is 0 Å². The van der Waals surface area contributed by atoms with Crippen LogP contribution in [0.3, 0.4) is 0 Å². The van der Waals surface area contributed by atoms with Crippen LogP contribution in [-0.2, 0) is 4.79 Å². The fourth-order valence-electron chi connectivity index (χ4n) is 1.26. The predicted molar refractivity (Wildman–Crippen MR) is 73.8 cm³/mol. The van der Waals surface area contributed by atoms with Crippen LogP contribution in [0.15, 0.2) is 22.9 Å². The minimum Gasteiger partial charge on any atom is -0.325 e. The van der Waals surface area contributed by atoms with Gasteiger partial charge in [0.2, 0.25) is 5.91 Å². The number of halogens is 1. The lowest BCUT2D eigenvalue weighted by Gasteiger charge is -2.26. The van der Waals surface area contributed by atoms with E-state index in [4.69, 9.17) is 0 Å². The van der Waals surface area contributed by atoms with E-state index < -0.39 is 0 Å². The van der Waals surface area contributed by atoms with Gasteiger partial charge in [0.1, 0.15) is 0 Å². The first-order valence-corrected chi connectivity index (χ1v) is 6.49. The number of carbonyl (C=O) groups excluding carboxylic acids is 1. The van der Waals surface area contributed by atoms with E-state index in [1.807, 2.05) is 0 Å². The van der Waals surface area contributed by atoms with E-state index >= 15 is 0 Å². The molecule has 0 bridgehead atoms. The Bertz CT molecular complexity index is 399. The van der Waals surface area contributed by atoms with E-state index in [1.54, 1.807) is 18.5 Å². The summed E-state index contributed by atoms with van der Waals surface area (Å²) in [6.45, 7) is 8.54. The number of anilines is 1. The molecule has 1 amide bonds. The highest BCUT2D eigenvalue weighted by Crippen LogP contribution is 2.28. The van der Waals surface area contributed by atoms with Gasteiger partial charge in [-0.15, -0.1) is 0 Å². The van der Waals surface area contributed by atoms with E-state index in [1.165, 1.54) is 0 Å². The average Bonchev–Trinajstić information content (AvgIpc) is 2.20. The summed E-state index contributed by atoms with van der Waals surface area (Å²) in [5.41, 5.74) is 0.915. The molecule has 1 aromatic heterocycles. The number of pyridine rings is 1. The van der Waals surface area contributed by atoms with E-state index in [0.29, 0.717) is 12.3 Å². The number of nitrogens with zero attached hydrogens (tertiary/aromatic N) is 1. The van der Waals surface area contributed by atoms with E-state index in [-0.39, 0.29) is 11.3 Å². The van der Waals surface area contributed by atoms with E-state index in [9.17, 15) is 4.79 Å². The topological polar surface area (TPSA) is 42.0 Å². The van der Waals surface area contributed by atoms with Crippen molar-refractivity contribution >= 4 is 27.5 Å². The van der Waals surface area contributed by atoms with Gasteiger partial charge in [-0.3, -0.25) is 9.78 Å². The molecule has 17 heavy (non-hydrogen) atoms. The maximum atomic E-state index is 11.9. The molecule has 3 nitrogen and oxygen atoms in total. The Morgan fingerprint density at radius 2 is 2.18 bits per heavy atom. The third kappa shape index (κ3) is 4.46. The van der Waals surface area contributed by atoms with Crippen LogP contribution in [-0.4, -0.2) is 10.9 Å². The third-order valence-corrected chi connectivity index (χ3v) is 3.65. The molecule has 0 spiro atoms. The molecule has 1 heterocycles. The molecule has 1 unspecified atom stereocenters. The number of hydrogen-bond donors (Lipinski definition) is 1. The second-order valence-electron chi connectivity index (χ2n) is 5.37.